The van der Waals surface area contributed by atoms with Crippen molar-refractivity contribution in [2.45, 2.75) is 71.8 Å². The Hall–Kier alpha value is 0.0569. The summed E-state index contributed by atoms with van der Waals surface area (Å²) in [5.41, 5.74) is -0.0425. The summed E-state index contributed by atoms with van der Waals surface area (Å²) >= 11 is 0. The van der Waals surface area contributed by atoms with Crippen LogP contribution in [-0.4, -0.2) is 44.9 Å². The third-order valence-corrected chi connectivity index (χ3v) is 3.81. The lowest BCUT2D eigenvalue weighted by Gasteiger charge is -2.37. The molecule has 5 heteroatoms. The van der Waals surface area contributed by atoms with Crippen LogP contribution in [0.4, 0.5) is 0 Å². The Labute approximate surface area is 112 Å². The lowest BCUT2D eigenvalue weighted by atomic mass is 9.84. The fourth-order valence-corrected chi connectivity index (χ4v) is 3.48. The Morgan fingerprint density at radius 1 is 1.28 bits per heavy atom. The Bertz CT molecular complexity index is 273. The maximum absolute atomic E-state index is 9.47. The molecule has 1 aliphatic rings. The van der Waals surface area contributed by atoms with Gasteiger partial charge in [0.2, 0.25) is 0 Å². The van der Waals surface area contributed by atoms with E-state index < -0.39 is 14.8 Å². The molecule has 1 rings (SSSR count). The molecule has 108 valence electrons. The highest BCUT2D eigenvalue weighted by atomic mass is 28.3. The molecule has 1 fully saturated rings. The molecule has 2 unspecified atom stereocenters. The predicted molar refractivity (Wildman–Crippen MR) is 74.1 cm³/mol. The fraction of sp³-hybridized carbons (Fsp3) is 1.00. The average Bonchev–Trinajstić information content (AvgIpc) is 2.48. The highest BCUT2D eigenvalue weighted by Gasteiger charge is 2.48. The summed E-state index contributed by atoms with van der Waals surface area (Å²) in [5, 5.41) is 9.47. The van der Waals surface area contributed by atoms with Gasteiger partial charge >= 0.3 is 0 Å². The van der Waals surface area contributed by atoms with E-state index in [0.717, 1.165) is 0 Å². The first kappa shape index (κ1) is 16.1. The smallest absolute Gasteiger partial charge is 0.171 e. The molecule has 3 atom stereocenters. The summed E-state index contributed by atoms with van der Waals surface area (Å²) in [4.78, 5) is 0. The largest absolute Gasteiger partial charge is 0.414 e. The van der Waals surface area contributed by atoms with E-state index in [2.05, 4.69) is 33.9 Å². The number of aliphatic hydroxyl groups is 1. The van der Waals surface area contributed by atoms with Gasteiger partial charge in [-0.3, -0.25) is 0 Å². The van der Waals surface area contributed by atoms with Crippen LogP contribution in [0.25, 0.3) is 0 Å². The van der Waals surface area contributed by atoms with Gasteiger partial charge in [0, 0.05) is 0 Å². The molecule has 4 nitrogen and oxygen atoms in total. The van der Waals surface area contributed by atoms with Crippen molar-refractivity contribution in [3.63, 3.8) is 0 Å². The van der Waals surface area contributed by atoms with Crippen LogP contribution in [0.1, 0.15) is 34.6 Å². The number of hydrogen-bond acceptors (Lipinski definition) is 4. The van der Waals surface area contributed by atoms with Crippen molar-refractivity contribution in [3.05, 3.63) is 0 Å². The predicted octanol–water partition coefficient (Wildman–Crippen LogP) is 1.91. The van der Waals surface area contributed by atoms with Gasteiger partial charge in [-0.2, -0.15) is 0 Å². The van der Waals surface area contributed by atoms with Crippen LogP contribution < -0.4 is 0 Å². The van der Waals surface area contributed by atoms with Crippen LogP contribution in [-0.2, 0) is 13.9 Å². The highest BCUT2D eigenvalue weighted by Crippen LogP contribution is 2.37. The Balaban J connectivity index is 2.91. The molecule has 1 saturated heterocycles. The molecule has 0 aromatic carbocycles. The monoisotopic (exact) mass is 276 g/mol. The van der Waals surface area contributed by atoms with Crippen molar-refractivity contribution in [1.29, 1.82) is 0 Å². The van der Waals surface area contributed by atoms with Crippen LogP contribution in [0.2, 0.25) is 13.1 Å². The molecule has 0 aromatic heterocycles. The van der Waals surface area contributed by atoms with Crippen molar-refractivity contribution in [2.75, 3.05) is 6.61 Å². The summed E-state index contributed by atoms with van der Waals surface area (Å²) in [7, 11) is -1.18. The molecule has 0 radical (unpaired) electrons. The van der Waals surface area contributed by atoms with Gasteiger partial charge in [-0.05, 0) is 32.4 Å². The van der Waals surface area contributed by atoms with E-state index in [4.69, 9.17) is 13.9 Å². The zero-order valence-electron chi connectivity index (χ0n) is 12.7. The number of ether oxygens (including phenoxy) is 2. The van der Waals surface area contributed by atoms with E-state index in [0.29, 0.717) is 0 Å². The second-order valence-electron chi connectivity index (χ2n) is 6.79. The van der Waals surface area contributed by atoms with Gasteiger partial charge in [0.15, 0.2) is 14.8 Å². The minimum atomic E-state index is -1.18. The van der Waals surface area contributed by atoms with Crippen molar-refractivity contribution >= 4 is 9.04 Å². The molecular weight excluding hydrogens is 248 g/mol. The molecule has 0 aliphatic carbocycles. The molecule has 1 aliphatic heterocycles. The fourth-order valence-electron chi connectivity index (χ4n) is 2.33. The van der Waals surface area contributed by atoms with E-state index in [9.17, 15) is 5.11 Å². The Morgan fingerprint density at radius 2 is 1.83 bits per heavy atom. The first-order valence-corrected chi connectivity index (χ1v) is 9.47. The summed E-state index contributed by atoms with van der Waals surface area (Å²) in [6.45, 7) is 14.4. The number of rotatable bonds is 4. The minimum absolute atomic E-state index is 0.0380. The molecule has 0 spiro atoms. The summed E-state index contributed by atoms with van der Waals surface area (Å²) < 4.78 is 17.8. The van der Waals surface area contributed by atoms with Crippen LogP contribution in [0.3, 0.4) is 0 Å². The maximum atomic E-state index is 9.47. The van der Waals surface area contributed by atoms with Crippen molar-refractivity contribution in [2.24, 2.45) is 5.41 Å². The second-order valence-corrected chi connectivity index (χ2v) is 9.16. The van der Waals surface area contributed by atoms with Crippen LogP contribution in [0.15, 0.2) is 0 Å². The summed E-state index contributed by atoms with van der Waals surface area (Å²) in [5.74, 6) is -0.649. The lowest BCUT2D eigenvalue weighted by molar-refractivity contribution is -0.160. The van der Waals surface area contributed by atoms with Crippen molar-refractivity contribution in [1.82, 2.24) is 0 Å². The molecule has 0 bridgehead atoms. The van der Waals surface area contributed by atoms with Crippen LogP contribution in [0, 0.1) is 5.41 Å². The zero-order valence-corrected chi connectivity index (χ0v) is 13.8. The van der Waals surface area contributed by atoms with E-state index in [1.165, 1.54) is 0 Å². The van der Waals surface area contributed by atoms with Gasteiger partial charge in [0.1, 0.15) is 12.2 Å². The zero-order chi connectivity index (χ0) is 14.1. The normalized spacial score (nSPS) is 29.8. The average molecular weight is 276 g/mol. The van der Waals surface area contributed by atoms with Gasteiger partial charge in [0.05, 0.1) is 12.7 Å². The van der Waals surface area contributed by atoms with Gasteiger partial charge < -0.3 is 19.0 Å². The number of hydrogen-bond donors (Lipinski definition) is 1. The molecular formula is C13H28O4Si. The molecule has 1 N–H and O–H groups in total. The minimum Gasteiger partial charge on any atom is -0.414 e. The SMILES string of the molecule is C[SiH](C)OC(C1OC(C)(C)O[C@@H]1CO)C(C)(C)C. The first-order valence-electron chi connectivity index (χ1n) is 6.69. The van der Waals surface area contributed by atoms with Gasteiger partial charge in [-0.1, -0.05) is 20.8 Å². The van der Waals surface area contributed by atoms with E-state index in [1.807, 2.05) is 13.8 Å². The molecule has 0 saturated carbocycles. The molecule has 18 heavy (non-hydrogen) atoms. The molecule has 1 heterocycles. The van der Waals surface area contributed by atoms with Crippen LogP contribution >= 0.6 is 0 Å². The van der Waals surface area contributed by atoms with E-state index in [1.54, 1.807) is 0 Å². The third kappa shape index (κ3) is 4.03. The Kier molecular flexibility index (Phi) is 5.00. The van der Waals surface area contributed by atoms with Crippen LogP contribution in [0.5, 0.6) is 0 Å². The lowest BCUT2D eigenvalue weighted by Crippen LogP contribution is -2.48. The van der Waals surface area contributed by atoms with Gasteiger partial charge in [-0.15, -0.1) is 0 Å². The third-order valence-electron chi connectivity index (χ3n) is 2.97. The molecule has 0 amide bonds. The van der Waals surface area contributed by atoms with Gasteiger partial charge in [-0.25, -0.2) is 0 Å². The Morgan fingerprint density at radius 3 is 2.22 bits per heavy atom. The van der Waals surface area contributed by atoms with E-state index in [-0.39, 0.29) is 30.3 Å². The van der Waals surface area contributed by atoms with E-state index >= 15 is 0 Å². The first-order chi connectivity index (χ1) is 8.07. The molecule has 0 aromatic rings. The highest BCUT2D eigenvalue weighted by molar-refractivity contribution is 6.48. The maximum Gasteiger partial charge on any atom is 0.171 e. The standard InChI is InChI=1S/C13H28O4Si/c1-12(2,3)11(17-18(6)7)10-9(8-14)15-13(4,5)16-10/h9-11,14,18H,8H2,1-7H3/t9-,10?,11?/m1/s1. The van der Waals surface area contributed by atoms with Crippen molar-refractivity contribution < 1.29 is 19.0 Å². The van der Waals surface area contributed by atoms with Gasteiger partial charge in [0.25, 0.3) is 0 Å². The van der Waals surface area contributed by atoms with Crippen molar-refractivity contribution in [3.8, 4) is 0 Å². The topological polar surface area (TPSA) is 47.9 Å². The summed E-state index contributed by atoms with van der Waals surface area (Å²) in [6, 6.07) is 0. The number of aliphatic hydroxyl groups excluding tert-OH is 1. The second kappa shape index (κ2) is 5.59. The summed E-state index contributed by atoms with van der Waals surface area (Å²) in [6.07, 6.45) is -0.569. The quantitative estimate of drug-likeness (QED) is 0.797.